The van der Waals surface area contributed by atoms with E-state index in [1.807, 2.05) is 0 Å². The first kappa shape index (κ1) is 15.2. The molecule has 6 heteroatoms. The SMILES string of the molecule is F[B-](F)(F)c1c(OCC2CCOCC2)ccc2ccccc12. The van der Waals surface area contributed by atoms with E-state index in [0.717, 1.165) is 12.8 Å². The molecular weight excluding hydrogens is 292 g/mol. The summed E-state index contributed by atoms with van der Waals surface area (Å²) in [6.07, 6.45) is 1.67. The lowest BCUT2D eigenvalue weighted by Gasteiger charge is -2.26. The second kappa shape index (κ2) is 6.20. The molecule has 0 bridgehead atoms. The zero-order valence-corrected chi connectivity index (χ0v) is 12.1. The number of fused-ring (bicyclic) bond motifs is 1. The standard InChI is InChI=1S/C16H17BF3O2/c18-17(19,20)16-14-4-2-1-3-13(14)5-6-15(16)22-11-12-7-9-21-10-8-12/h1-6,12H,7-11H2/q-1. The average Bonchev–Trinajstić information content (AvgIpc) is 2.52. The van der Waals surface area contributed by atoms with Crippen LogP contribution in [0.25, 0.3) is 10.8 Å². The van der Waals surface area contributed by atoms with Crippen molar-refractivity contribution in [3.63, 3.8) is 0 Å². The molecule has 1 fully saturated rings. The van der Waals surface area contributed by atoms with E-state index in [2.05, 4.69) is 0 Å². The van der Waals surface area contributed by atoms with Gasteiger partial charge in [0.05, 0.1) is 12.4 Å². The molecule has 3 rings (SSSR count). The van der Waals surface area contributed by atoms with Crippen LogP contribution in [0.2, 0.25) is 0 Å². The summed E-state index contributed by atoms with van der Waals surface area (Å²) in [4.78, 5) is 0. The van der Waals surface area contributed by atoms with Gasteiger partial charge >= 0.3 is 6.98 Å². The smallest absolute Gasteiger partial charge is 0.496 e. The topological polar surface area (TPSA) is 18.5 Å². The highest BCUT2D eigenvalue weighted by Gasteiger charge is 2.31. The summed E-state index contributed by atoms with van der Waals surface area (Å²) in [6.45, 7) is -3.52. The van der Waals surface area contributed by atoms with Crippen LogP contribution < -0.4 is 10.2 Å². The third kappa shape index (κ3) is 3.22. The Bertz CT molecular complexity index is 651. The Morgan fingerprint density at radius 3 is 2.50 bits per heavy atom. The van der Waals surface area contributed by atoms with Crippen LogP contribution in [-0.4, -0.2) is 26.8 Å². The Morgan fingerprint density at radius 1 is 1.05 bits per heavy atom. The lowest BCUT2D eigenvalue weighted by molar-refractivity contribution is 0.0499. The molecule has 2 aromatic carbocycles. The fourth-order valence-corrected chi connectivity index (χ4v) is 2.86. The molecule has 1 aliphatic heterocycles. The second-order valence-electron chi connectivity index (χ2n) is 5.64. The zero-order valence-electron chi connectivity index (χ0n) is 12.1. The van der Waals surface area contributed by atoms with E-state index in [-0.39, 0.29) is 17.1 Å². The van der Waals surface area contributed by atoms with Gasteiger partial charge in [-0.2, -0.15) is 0 Å². The van der Waals surface area contributed by atoms with Crippen LogP contribution >= 0.6 is 0 Å². The molecule has 0 aromatic heterocycles. The summed E-state index contributed by atoms with van der Waals surface area (Å²) in [5.41, 5.74) is -0.620. The van der Waals surface area contributed by atoms with Gasteiger partial charge in [0.15, 0.2) is 0 Å². The molecule has 0 aliphatic carbocycles. The van der Waals surface area contributed by atoms with Gasteiger partial charge in [0.25, 0.3) is 0 Å². The lowest BCUT2D eigenvalue weighted by Crippen LogP contribution is -2.36. The van der Waals surface area contributed by atoms with Gasteiger partial charge in [-0.25, -0.2) is 0 Å². The second-order valence-corrected chi connectivity index (χ2v) is 5.64. The van der Waals surface area contributed by atoms with Crippen molar-refractivity contribution in [1.29, 1.82) is 0 Å². The lowest BCUT2D eigenvalue weighted by atomic mass is 9.76. The van der Waals surface area contributed by atoms with E-state index in [1.165, 1.54) is 12.1 Å². The summed E-state index contributed by atoms with van der Waals surface area (Å²) < 4.78 is 51.3. The number of halogens is 3. The maximum atomic E-state index is 13.5. The number of ether oxygens (including phenoxy) is 2. The van der Waals surface area contributed by atoms with Crippen LogP contribution in [0.15, 0.2) is 36.4 Å². The normalized spacial score (nSPS) is 16.9. The van der Waals surface area contributed by atoms with E-state index >= 15 is 0 Å². The van der Waals surface area contributed by atoms with Crippen LogP contribution in [0, 0.1) is 5.92 Å². The Balaban J connectivity index is 1.91. The van der Waals surface area contributed by atoms with Gasteiger partial charge in [-0.1, -0.05) is 35.8 Å². The summed E-state index contributed by atoms with van der Waals surface area (Å²) in [5.74, 6) is 0.200. The molecule has 0 radical (unpaired) electrons. The van der Waals surface area contributed by atoms with Crippen LogP contribution in [0.4, 0.5) is 12.9 Å². The van der Waals surface area contributed by atoms with Crippen molar-refractivity contribution >= 4 is 23.2 Å². The number of hydrogen-bond acceptors (Lipinski definition) is 2. The van der Waals surface area contributed by atoms with Crippen LogP contribution in [-0.2, 0) is 4.74 Å². The van der Waals surface area contributed by atoms with E-state index in [0.29, 0.717) is 25.2 Å². The van der Waals surface area contributed by atoms with Gasteiger partial charge in [-0.15, -0.1) is 0 Å². The first-order valence-corrected chi connectivity index (χ1v) is 7.48. The molecule has 0 unspecified atom stereocenters. The number of hydrogen-bond donors (Lipinski definition) is 0. The third-order valence-corrected chi connectivity index (χ3v) is 4.07. The fraction of sp³-hybridized carbons (Fsp3) is 0.375. The van der Waals surface area contributed by atoms with Gasteiger partial charge in [0.2, 0.25) is 0 Å². The molecule has 0 amide bonds. The van der Waals surface area contributed by atoms with E-state index in [9.17, 15) is 12.9 Å². The third-order valence-electron chi connectivity index (χ3n) is 4.07. The molecule has 0 spiro atoms. The first-order valence-electron chi connectivity index (χ1n) is 7.48. The van der Waals surface area contributed by atoms with Crippen molar-refractivity contribution in [3.8, 4) is 5.75 Å². The Morgan fingerprint density at radius 2 is 1.77 bits per heavy atom. The first-order chi connectivity index (χ1) is 10.6. The van der Waals surface area contributed by atoms with Crippen molar-refractivity contribution < 1.29 is 22.4 Å². The van der Waals surface area contributed by atoms with Crippen molar-refractivity contribution in [2.24, 2.45) is 5.92 Å². The van der Waals surface area contributed by atoms with Crippen molar-refractivity contribution in [3.05, 3.63) is 36.4 Å². The van der Waals surface area contributed by atoms with Crippen LogP contribution in [0.3, 0.4) is 0 Å². The zero-order chi connectivity index (χ0) is 15.6. The van der Waals surface area contributed by atoms with Crippen LogP contribution in [0.5, 0.6) is 5.75 Å². The number of rotatable bonds is 4. The molecule has 0 N–H and O–H groups in total. The van der Waals surface area contributed by atoms with Crippen molar-refractivity contribution in [1.82, 2.24) is 0 Å². The Kier molecular flexibility index (Phi) is 4.29. The van der Waals surface area contributed by atoms with Gasteiger partial charge in [-0.3, -0.25) is 0 Å². The summed E-state index contributed by atoms with van der Waals surface area (Å²) in [6, 6.07) is 9.66. The molecule has 22 heavy (non-hydrogen) atoms. The van der Waals surface area contributed by atoms with Crippen LogP contribution in [0.1, 0.15) is 12.8 Å². The fourth-order valence-electron chi connectivity index (χ4n) is 2.86. The van der Waals surface area contributed by atoms with Gasteiger partial charge in [-0.05, 0) is 35.6 Å². The molecule has 2 nitrogen and oxygen atoms in total. The van der Waals surface area contributed by atoms with Crippen molar-refractivity contribution in [2.45, 2.75) is 12.8 Å². The molecule has 1 aliphatic rings. The largest absolute Gasteiger partial charge is 0.513 e. The number of benzene rings is 2. The van der Waals surface area contributed by atoms with E-state index in [4.69, 9.17) is 9.47 Å². The molecule has 1 saturated heterocycles. The highest BCUT2D eigenvalue weighted by Crippen LogP contribution is 2.26. The van der Waals surface area contributed by atoms with E-state index in [1.54, 1.807) is 24.3 Å². The van der Waals surface area contributed by atoms with Gasteiger partial charge in [0.1, 0.15) is 0 Å². The van der Waals surface area contributed by atoms with Gasteiger partial charge < -0.3 is 22.4 Å². The minimum absolute atomic E-state index is 0.0577. The van der Waals surface area contributed by atoms with Crippen molar-refractivity contribution in [2.75, 3.05) is 19.8 Å². The maximum absolute atomic E-state index is 13.5. The van der Waals surface area contributed by atoms with Gasteiger partial charge in [0, 0.05) is 13.2 Å². The minimum atomic E-state index is -5.13. The Labute approximate surface area is 127 Å². The molecular formula is C16H17BF3O2-. The quantitative estimate of drug-likeness (QED) is 0.802. The summed E-state index contributed by atoms with van der Waals surface area (Å²) >= 11 is 0. The molecule has 118 valence electrons. The highest BCUT2D eigenvalue weighted by atomic mass is 19.4. The predicted molar refractivity (Wildman–Crippen MR) is 81.7 cm³/mol. The highest BCUT2D eigenvalue weighted by molar-refractivity contribution is 6.76. The van der Waals surface area contributed by atoms with E-state index < -0.39 is 12.4 Å². The molecule has 0 atom stereocenters. The predicted octanol–water partition coefficient (Wildman–Crippen LogP) is 3.70. The molecule has 1 heterocycles. The molecule has 2 aromatic rings. The minimum Gasteiger partial charge on any atom is -0.496 e. The monoisotopic (exact) mass is 309 g/mol. The summed E-state index contributed by atoms with van der Waals surface area (Å²) in [7, 11) is 0. The average molecular weight is 309 g/mol. The summed E-state index contributed by atoms with van der Waals surface area (Å²) in [5, 5.41) is 0.787. The Hall–Kier alpha value is -1.69. The maximum Gasteiger partial charge on any atom is 0.513 e. The molecule has 0 saturated carbocycles.